The molecule has 9 heteroatoms. The van der Waals surface area contributed by atoms with Gasteiger partial charge in [-0.3, -0.25) is 0 Å². The number of fused-ring (bicyclic) bond motifs is 9. The molecule has 5 nitrogen and oxygen atoms in total. The predicted octanol–water partition coefficient (Wildman–Crippen LogP) is 30.6. The molecular weight excluding hydrogens is 1470 g/mol. The van der Waals surface area contributed by atoms with Crippen molar-refractivity contribution in [3.8, 4) is 67.5 Å². The second-order valence-electron chi connectivity index (χ2n) is 33.0. The molecule has 119 heavy (non-hydrogen) atoms. The topological polar surface area (TPSA) is 38.1 Å². The van der Waals surface area contributed by atoms with Crippen LogP contribution < -0.4 is 19.3 Å². The lowest BCUT2D eigenvalue weighted by atomic mass is 9.67. The van der Waals surface area contributed by atoms with Gasteiger partial charge in [-0.1, -0.05) is 261 Å². The molecule has 0 saturated carbocycles. The van der Waals surface area contributed by atoms with E-state index in [1.807, 2.05) is 155 Å². The van der Waals surface area contributed by atoms with Gasteiger partial charge in [0, 0.05) is 69.2 Å². The summed E-state index contributed by atoms with van der Waals surface area (Å²) in [4.78, 5) is 3.82. The zero-order valence-corrected chi connectivity index (χ0v) is 66.7. The fourth-order valence-corrected chi connectivity index (χ4v) is 17.9. The van der Waals surface area contributed by atoms with Gasteiger partial charge in [-0.05, 0) is 256 Å². The van der Waals surface area contributed by atoms with Crippen LogP contribution in [-0.4, -0.2) is 0 Å². The number of hydrogen-bond acceptors (Lipinski definition) is 5. The molecule has 0 bridgehead atoms. The summed E-state index contributed by atoms with van der Waals surface area (Å²) in [6, 6.07) is 117. The number of halogens is 4. The van der Waals surface area contributed by atoms with E-state index in [9.17, 15) is 0 Å². The van der Waals surface area contributed by atoms with Gasteiger partial charge in [-0.15, -0.1) is 0 Å². The summed E-state index contributed by atoms with van der Waals surface area (Å²) in [5.74, 6) is -1.10. The van der Waals surface area contributed by atoms with E-state index in [1.165, 1.54) is 23.3 Å². The molecule has 0 saturated heterocycles. The summed E-state index contributed by atoms with van der Waals surface area (Å²) < 4.78 is 82.1. The summed E-state index contributed by atoms with van der Waals surface area (Å²) in [7, 11) is 0. The van der Waals surface area contributed by atoms with Gasteiger partial charge in [0.1, 0.15) is 34.2 Å². The van der Waals surface area contributed by atoms with E-state index in [2.05, 4.69) is 237 Å². The minimum absolute atomic E-state index is 0.0854. The van der Waals surface area contributed by atoms with Crippen molar-refractivity contribution < 1.29 is 31.5 Å². The Kier molecular flexibility index (Phi) is 18.5. The van der Waals surface area contributed by atoms with Gasteiger partial charge in [0.25, 0.3) is 0 Å². The molecule has 16 aromatic carbocycles. The van der Waals surface area contributed by atoms with E-state index in [0.717, 1.165) is 135 Å². The van der Waals surface area contributed by atoms with Crippen molar-refractivity contribution in [3.05, 3.63) is 455 Å². The second-order valence-corrected chi connectivity index (χ2v) is 33.0. The van der Waals surface area contributed by atoms with Gasteiger partial charge in [0.05, 0.1) is 10.8 Å². The van der Waals surface area contributed by atoms with Crippen molar-refractivity contribution in [2.24, 2.45) is 0 Å². The molecule has 0 N–H and O–H groups in total. The van der Waals surface area contributed by atoms with Crippen LogP contribution in [0.3, 0.4) is 0 Å². The molecule has 0 fully saturated rings. The molecule has 19 rings (SSSR count). The minimum atomic E-state index is -1.00. The standard InChI is InChI=1S/C110H82F4N2O3/c1-9-69-25-47-87(48-26-69)117-89-51-39-79(40-52-89)109(77-35-31-75(32-36-77)107(3,4)5)97-23-13-11-21-91(97)93-55-29-73(63-99(93)109)71-17-15-19-81(61-71)115(83-45-59-101(111)103(113)65-83)85-43-57-95-96-58-44-86(68-106(96)119-105(95)67-85)116(84-46-60-102(112)104(114)66-84)82-20-16-18-72(62-82)74-30-56-94-92-22-12-14-24-98(92)110(100(94)64-74,78-37-33-76(34-38-78)108(6,7)8)80-41-53-90(54-42-80)118-88-49-27-70(10-2)28-50-88/h9-68H,1-2H2,3-8H3. The van der Waals surface area contributed by atoms with Gasteiger partial charge in [0.2, 0.25) is 0 Å². The van der Waals surface area contributed by atoms with E-state index in [0.29, 0.717) is 56.8 Å². The number of anilines is 6. The van der Waals surface area contributed by atoms with Crippen LogP contribution in [0.4, 0.5) is 51.7 Å². The first-order chi connectivity index (χ1) is 57.7. The van der Waals surface area contributed by atoms with Crippen LogP contribution in [0.2, 0.25) is 0 Å². The first-order valence-corrected chi connectivity index (χ1v) is 40.1. The molecule has 2 aliphatic carbocycles. The molecule has 1 aromatic heterocycles. The van der Waals surface area contributed by atoms with Gasteiger partial charge in [-0.25, -0.2) is 17.6 Å². The average molecular weight is 1560 g/mol. The zero-order chi connectivity index (χ0) is 81.6. The summed E-state index contributed by atoms with van der Waals surface area (Å²) in [5.41, 5.74) is 24.2. The van der Waals surface area contributed by atoms with E-state index < -0.39 is 34.1 Å². The third kappa shape index (κ3) is 13.1. The van der Waals surface area contributed by atoms with E-state index in [1.54, 1.807) is 12.1 Å². The summed E-state index contributed by atoms with van der Waals surface area (Å²) >= 11 is 0. The zero-order valence-electron chi connectivity index (χ0n) is 66.7. The highest BCUT2D eigenvalue weighted by atomic mass is 19.2. The van der Waals surface area contributed by atoms with Crippen LogP contribution in [0, 0.1) is 23.3 Å². The lowest BCUT2D eigenvalue weighted by Gasteiger charge is -2.35. The molecular formula is C110H82F4N2O3. The van der Waals surface area contributed by atoms with Crippen molar-refractivity contribution in [1.29, 1.82) is 0 Å². The van der Waals surface area contributed by atoms with Gasteiger partial charge >= 0.3 is 0 Å². The summed E-state index contributed by atoms with van der Waals surface area (Å²) in [6.07, 6.45) is 3.63. The van der Waals surface area contributed by atoms with Crippen LogP contribution in [0.1, 0.15) is 108 Å². The van der Waals surface area contributed by atoms with Crippen LogP contribution in [0.5, 0.6) is 23.0 Å². The summed E-state index contributed by atoms with van der Waals surface area (Å²) in [6.45, 7) is 21.2. The van der Waals surface area contributed by atoms with Crippen LogP contribution in [-0.2, 0) is 21.7 Å². The number of nitrogens with zero attached hydrogens (tertiary/aromatic N) is 2. The molecule has 0 aliphatic heterocycles. The third-order valence-electron chi connectivity index (χ3n) is 23.9. The number of benzene rings is 16. The highest BCUT2D eigenvalue weighted by Gasteiger charge is 2.48. The average Bonchev–Trinajstić information content (AvgIpc) is 1.54. The molecule has 2 atom stereocenters. The molecule has 0 spiro atoms. The molecule has 2 unspecified atom stereocenters. The predicted molar refractivity (Wildman–Crippen MR) is 479 cm³/mol. The lowest BCUT2D eigenvalue weighted by molar-refractivity contribution is 0.482. The molecule has 1 heterocycles. The lowest BCUT2D eigenvalue weighted by Crippen LogP contribution is -2.29. The van der Waals surface area contributed by atoms with E-state index in [4.69, 9.17) is 13.9 Å². The SMILES string of the molecule is C=Cc1ccc(Oc2ccc(C3(c4ccc(C(C)(C)C)cc4)c4ccccc4-c4ccc(-c5cccc(N(c6ccc(F)c(F)c6)c6ccc7c(c6)oc6cc(N(c8cccc(-c9ccc%10c(c9)C(c9ccc(Oc%11ccc(C=C)cc%11)cc9)(c9ccc(C(C)(C)C)cc9)c9ccccc9-%10)c8)c8ccc(F)c(F)c8)ccc67)c5)cc43)cc2)cc1. The monoisotopic (exact) mass is 1550 g/mol. The minimum Gasteiger partial charge on any atom is -0.457 e. The third-order valence-corrected chi connectivity index (χ3v) is 23.9. The Morgan fingerprint density at radius 2 is 0.605 bits per heavy atom. The Bertz CT molecular complexity index is 6420. The number of furan rings is 1. The second kappa shape index (κ2) is 29.5. The van der Waals surface area contributed by atoms with E-state index >= 15 is 17.6 Å². The number of ether oxygens (including phenoxy) is 2. The molecule has 0 radical (unpaired) electrons. The fraction of sp³-hybridized carbons (Fsp3) is 0.0909. The van der Waals surface area contributed by atoms with Crippen LogP contribution in [0.15, 0.2) is 369 Å². The normalized spacial score (nSPS) is 14.6. The molecule has 2 aliphatic rings. The highest BCUT2D eigenvalue weighted by molar-refractivity contribution is 6.08. The largest absolute Gasteiger partial charge is 0.457 e. The molecule has 17 aromatic rings. The van der Waals surface area contributed by atoms with Crippen molar-refractivity contribution >= 4 is 68.2 Å². The Hall–Kier alpha value is -14.3. The van der Waals surface area contributed by atoms with Crippen LogP contribution >= 0.6 is 0 Å². The maximum absolute atomic E-state index is 15.9. The van der Waals surface area contributed by atoms with Gasteiger partial charge in [-0.2, -0.15) is 0 Å². The smallest absolute Gasteiger partial charge is 0.160 e. The highest BCUT2D eigenvalue weighted by Crippen LogP contribution is 2.60. The maximum Gasteiger partial charge on any atom is 0.160 e. The Labute approximate surface area is 691 Å². The van der Waals surface area contributed by atoms with E-state index in [-0.39, 0.29) is 10.8 Å². The van der Waals surface area contributed by atoms with Crippen LogP contribution in [0.25, 0.3) is 78.6 Å². The number of rotatable bonds is 18. The first kappa shape index (κ1) is 74.8. The number of hydrogen-bond donors (Lipinski definition) is 0. The first-order valence-electron chi connectivity index (χ1n) is 40.1. The van der Waals surface area contributed by atoms with Crippen molar-refractivity contribution in [2.45, 2.75) is 63.2 Å². The maximum atomic E-state index is 15.9. The Morgan fingerprint density at radius 1 is 0.286 bits per heavy atom. The Balaban J connectivity index is 0.692. The quantitative estimate of drug-likeness (QED) is 0.0801. The van der Waals surface area contributed by atoms with Gasteiger partial charge in [0.15, 0.2) is 23.3 Å². The Morgan fingerprint density at radius 3 is 0.966 bits per heavy atom. The van der Waals surface area contributed by atoms with Crippen molar-refractivity contribution in [3.63, 3.8) is 0 Å². The summed E-state index contributed by atoms with van der Waals surface area (Å²) in [5, 5.41) is 1.59. The molecule has 578 valence electrons. The molecule has 0 amide bonds. The van der Waals surface area contributed by atoms with Gasteiger partial charge < -0.3 is 23.7 Å². The van der Waals surface area contributed by atoms with Crippen molar-refractivity contribution in [2.75, 3.05) is 9.80 Å². The fourth-order valence-electron chi connectivity index (χ4n) is 17.9. The van der Waals surface area contributed by atoms with Crippen molar-refractivity contribution in [1.82, 2.24) is 0 Å².